The summed E-state index contributed by atoms with van der Waals surface area (Å²) < 4.78 is 25.6. The Balaban J connectivity index is 3.17. The molecular weight excluding hydrogens is 222 g/mol. The summed E-state index contributed by atoms with van der Waals surface area (Å²) >= 11 is 0. The Morgan fingerprint density at radius 2 is 1.87 bits per heavy atom. The Morgan fingerprint density at radius 3 is 2.33 bits per heavy atom. The van der Waals surface area contributed by atoms with Gasteiger partial charge in [0.25, 0.3) is 0 Å². The van der Waals surface area contributed by atoms with Crippen molar-refractivity contribution in [2.45, 2.75) is 4.90 Å². The Bertz CT molecular complexity index is 494. The zero-order valence-electron chi connectivity index (χ0n) is 7.40. The number of rotatable bonds is 2. The summed E-state index contributed by atoms with van der Waals surface area (Å²) in [5.74, 6) is -1.15. The van der Waals surface area contributed by atoms with Crippen molar-refractivity contribution in [1.29, 1.82) is 0 Å². The fraction of sp³-hybridized carbons (Fsp3) is 0. The molecular formula is C7H7N3O4S. The fourth-order valence-corrected chi connectivity index (χ4v) is 1.72. The average molecular weight is 229 g/mol. The molecule has 80 valence electrons. The Labute approximate surface area is 85.4 Å². The van der Waals surface area contributed by atoms with Crippen LogP contribution in [0.1, 0.15) is 0 Å². The van der Waals surface area contributed by atoms with E-state index in [1.54, 1.807) is 6.07 Å². The molecule has 1 rings (SSSR count). The van der Waals surface area contributed by atoms with Crippen LogP contribution in [0.4, 0.5) is 0 Å². The normalized spacial score (nSPS) is 12.4. The molecule has 0 heterocycles. The lowest BCUT2D eigenvalue weighted by atomic mass is 10.4. The predicted molar refractivity (Wildman–Crippen MR) is 52.2 cm³/mol. The van der Waals surface area contributed by atoms with Crippen LogP contribution in [0.15, 0.2) is 39.6 Å². The highest BCUT2D eigenvalue weighted by atomic mass is 32.2. The van der Waals surface area contributed by atoms with Crippen LogP contribution in [-0.4, -0.2) is 19.3 Å². The van der Waals surface area contributed by atoms with E-state index in [0.29, 0.717) is 0 Å². The van der Waals surface area contributed by atoms with Crippen LogP contribution >= 0.6 is 0 Å². The Kier molecular flexibility index (Phi) is 3.00. The smallest absolute Gasteiger partial charge is 0.390 e. The van der Waals surface area contributed by atoms with E-state index in [2.05, 4.69) is 4.40 Å². The standard InChI is InChI=1S/C7H7N3O4S/c8-7(10(11)12)9-15(13,14)6-4-2-1-3-5-6/h1-5H,(H2,8,9). The van der Waals surface area contributed by atoms with Crippen LogP contribution in [0.3, 0.4) is 0 Å². The van der Waals surface area contributed by atoms with Gasteiger partial charge in [0.2, 0.25) is 0 Å². The maximum Gasteiger partial charge on any atom is 0.437 e. The first-order chi connectivity index (χ1) is 6.93. The van der Waals surface area contributed by atoms with Crippen LogP contribution in [0.2, 0.25) is 0 Å². The van der Waals surface area contributed by atoms with Crippen molar-refractivity contribution in [3.63, 3.8) is 0 Å². The van der Waals surface area contributed by atoms with Gasteiger partial charge in [0.1, 0.15) is 4.90 Å². The molecule has 0 radical (unpaired) electrons. The van der Waals surface area contributed by atoms with Crippen molar-refractivity contribution in [3.8, 4) is 0 Å². The van der Waals surface area contributed by atoms with E-state index >= 15 is 0 Å². The van der Waals surface area contributed by atoms with Gasteiger partial charge in [-0.15, -0.1) is 0 Å². The number of benzene rings is 1. The third kappa shape index (κ3) is 2.74. The van der Waals surface area contributed by atoms with Gasteiger partial charge in [-0.2, -0.15) is 8.42 Å². The first kappa shape index (κ1) is 11.1. The first-order valence-corrected chi connectivity index (χ1v) is 5.17. The van der Waals surface area contributed by atoms with Crippen LogP contribution in [0.25, 0.3) is 0 Å². The van der Waals surface area contributed by atoms with Gasteiger partial charge in [0.05, 0.1) is 0 Å². The van der Waals surface area contributed by atoms with E-state index < -0.39 is 20.9 Å². The van der Waals surface area contributed by atoms with Gasteiger partial charge in [-0.1, -0.05) is 18.2 Å². The summed E-state index contributed by atoms with van der Waals surface area (Å²) in [6.45, 7) is 0. The van der Waals surface area contributed by atoms with E-state index in [1.807, 2.05) is 0 Å². The number of hydrogen-bond donors (Lipinski definition) is 1. The van der Waals surface area contributed by atoms with Gasteiger partial charge in [-0.3, -0.25) is 5.73 Å². The molecule has 0 aromatic heterocycles. The third-order valence-electron chi connectivity index (χ3n) is 1.44. The molecule has 0 atom stereocenters. The van der Waals surface area contributed by atoms with Crippen molar-refractivity contribution >= 4 is 16.0 Å². The molecule has 0 saturated heterocycles. The van der Waals surface area contributed by atoms with Gasteiger partial charge in [0, 0.05) is 4.40 Å². The maximum absolute atomic E-state index is 11.4. The van der Waals surface area contributed by atoms with Crippen LogP contribution in [-0.2, 0) is 10.0 Å². The molecule has 0 unspecified atom stereocenters. The van der Waals surface area contributed by atoms with E-state index in [1.165, 1.54) is 24.3 Å². The fourth-order valence-electron chi connectivity index (χ4n) is 0.802. The molecule has 0 amide bonds. The number of nitrogens with zero attached hydrogens (tertiary/aromatic N) is 2. The predicted octanol–water partition coefficient (Wildman–Crippen LogP) is -0.0333. The SMILES string of the molecule is N/C(=N\S(=O)(=O)c1ccccc1)[N+](=O)[O-]. The monoisotopic (exact) mass is 229 g/mol. The van der Waals surface area contributed by atoms with E-state index in [-0.39, 0.29) is 4.90 Å². The summed E-state index contributed by atoms with van der Waals surface area (Å²) in [6.07, 6.45) is 0. The molecule has 8 heteroatoms. The highest BCUT2D eigenvalue weighted by Gasteiger charge is 2.19. The van der Waals surface area contributed by atoms with Crippen molar-refractivity contribution in [1.82, 2.24) is 0 Å². The summed E-state index contributed by atoms with van der Waals surface area (Å²) in [6, 6.07) is 7.10. The van der Waals surface area contributed by atoms with Crippen LogP contribution in [0, 0.1) is 10.1 Å². The zero-order valence-corrected chi connectivity index (χ0v) is 8.22. The van der Waals surface area contributed by atoms with Gasteiger partial charge in [-0.25, -0.2) is 0 Å². The summed E-state index contributed by atoms with van der Waals surface area (Å²) in [5.41, 5.74) is 4.81. The number of guanidine groups is 1. The molecule has 1 aromatic rings. The molecule has 2 N–H and O–H groups in total. The second-order valence-corrected chi connectivity index (χ2v) is 4.10. The van der Waals surface area contributed by atoms with E-state index in [9.17, 15) is 18.5 Å². The molecule has 0 bridgehead atoms. The van der Waals surface area contributed by atoms with Crippen LogP contribution in [0.5, 0.6) is 0 Å². The molecule has 0 spiro atoms. The van der Waals surface area contributed by atoms with Gasteiger partial charge < -0.3 is 10.1 Å². The minimum Gasteiger partial charge on any atom is -0.390 e. The molecule has 0 aliphatic heterocycles. The molecule has 0 aliphatic carbocycles. The third-order valence-corrected chi connectivity index (χ3v) is 2.74. The van der Waals surface area contributed by atoms with Crippen molar-refractivity contribution < 1.29 is 13.3 Å². The van der Waals surface area contributed by atoms with Crippen molar-refractivity contribution in [2.24, 2.45) is 10.1 Å². The second kappa shape index (κ2) is 4.05. The topological polar surface area (TPSA) is 116 Å². The number of hydrogen-bond acceptors (Lipinski definition) is 4. The lowest BCUT2D eigenvalue weighted by Gasteiger charge is -1.95. The van der Waals surface area contributed by atoms with Crippen molar-refractivity contribution in [3.05, 3.63) is 40.4 Å². The second-order valence-electron chi connectivity index (χ2n) is 2.49. The number of nitrogens with two attached hydrogens (primary N) is 1. The molecule has 0 aliphatic rings. The van der Waals surface area contributed by atoms with E-state index in [0.717, 1.165) is 0 Å². The quantitative estimate of drug-likeness (QED) is 0.331. The Hall–Kier alpha value is -1.96. The lowest BCUT2D eigenvalue weighted by Crippen LogP contribution is -2.23. The summed E-state index contributed by atoms with van der Waals surface area (Å²) in [5, 5.41) is 10.1. The highest BCUT2D eigenvalue weighted by Crippen LogP contribution is 2.10. The van der Waals surface area contributed by atoms with Gasteiger partial charge in [0.15, 0.2) is 0 Å². The Morgan fingerprint density at radius 1 is 1.33 bits per heavy atom. The molecule has 15 heavy (non-hydrogen) atoms. The van der Waals surface area contributed by atoms with Crippen LogP contribution < -0.4 is 5.73 Å². The molecule has 0 saturated carbocycles. The molecule has 0 fully saturated rings. The minimum atomic E-state index is -4.08. The zero-order chi connectivity index (χ0) is 11.5. The minimum absolute atomic E-state index is 0.144. The lowest BCUT2D eigenvalue weighted by molar-refractivity contribution is -0.352. The molecule has 1 aromatic carbocycles. The average Bonchev–Trinajstić information content (AvgIpc) is 2.18. The number of nitro groups is 1. The van der Waals surface area contributed by atoms with Gasteiger partial charge in [-0.05, 0) is 17.1 Å². The van der Waals surface area contributed by atoms with Gasteiger partial charge >= 0.3 is 16.0 Å². The number of sulfonamides is 1. The first-order valence-electron chi connectivity index (χ1n) is 3.73. The molecule has 7 nitrogen and oxygen atoms in total. The maximum atomic E-state index is 11.4. The van der Waals surface area contributed by atoms with E-state index in [4.69, 9.17) is 5.73 Å². The van der Waals surface area contributed by atoms with Crippen molar-refractivity contribution in [2.75, 3.05) is 0 Å². The highest BCUT2D eigenvalue weighted by molar-refractivity contribution is 7.90. The largest absolute Gasteiger partial charge is 0.437 e. The summed E-state index contributed by atoms with van der Waals surface area (Å²) in [4.78, 5) is 8.88. The summed E-state index contributed by atoms with van der Waals surface area (Å²) in [7, 11) is -4.08.